The van der Waals surface area contributed by atoms with Crippen LogP contribution in [0.3, 0.4) is 0 Å². The standard InChI is InChI=1S/C12H13F2NO4S/c1-15(4-6-17)20(18,19)12-9(3-2-5-16)7-10(13)8-11(12)14/h7-8,16-17H,4-6H2,1H3. The number of hydrogen-bond donors (Lipinski definition) is 2. The van der Waals surface area contributed by atoms with E-state index in [-0.39, 0.29) is 12.1 Å². The van der Waals surface area contributed by atoms with Gasteiger partial charge in [-0.2, -0.15) is 4.31 Å². The van der Waals surface area contributed by atoms with Crippen molar-refractivity contribution in [1.29, 1.82) is 0 Å². The third-order valence-corrected chi connectivity index (χ3v) is 4.33. The van der Waals surface area contributed by atoms with E-state index in [0.29, 0.717) is 6.07 Å². The van der Waals surface area contributed by atoms with Gasteiger partial charge in [-0.15, -0.1) is 0 Å². The number of nitrogens with zero attached hydrogens (tertiary/aromatic N) is 1. The van der Waals surface area contributed by atoms with E-state index in [1.54, 1.807) is 0 Å². The second-order valence-corrected chi connectivity index (χ2v) is 5.76. The molecule has 0 saturated heterocycles. The maximum absolute atomic E-state index is 13.8. The van der Waals surface area contributed by atoms with E-state index in [9.17, 15) is 17.2 Å². The minimum Gasteiger partial charge on any atom is -0.395 e. The summed E-state index contributed by atoms with van der Waals surface area (Å²) in [4.78, 5) is -0.782. The van der Waals surface area contributed by atoms with Crippen molar-refractivity contribution in [2.75, 3.05) is 26.8 Å². The number of sulfonamides is 1. The summed E-state index contributed by atoms with van der Waals surface area (Å²) in [6.45, 7) is -1.27. The minimum absolute atomic E-state index is 0.244. The average Bonchev–Trinajstić information content (AvgIpc) is 2.35. The van der Waals surface area contributed by atoms with E-state index < -0.39 is 39.8 Å². The molecule has 0 aliphatic carbocycles. The lowest BCUT2D eigenvalue weighted by molar-refractivity contribution is 0.266. The van der Waals surface area contributed by atoms with Crippen molar-refractivity contribution in [3.05, 3.63) is 29.3 Å². The summed E-state index contributed by atoms with van der Waals surface area (Å²) in [6, 6.07) is 1.20. The summed E-state index contributed by atoms with van der Waals surface area (Å²) in [7, 11) is -3.11. The molecule has 0 spiro atoms. The molecule has 0 aromatic heterocycles. The van der Waals surface area contributed by atoms with Crippen molar-refractivity contribution in [2.24, 2.45) is 0 Å². The number of aliphatic hydroxyl groups is 2. The van der Waals surface area contributed by atoms with Gasteiger partial charge < -0.3 is 10.2 Å². The van der Waals surface area contributed by atoms with Crippen LogP contribution in [0.4, 0.5) is 8.78 Å². The van der Waals surface area contributed by atoms with Crippen molar-refractivity contribution in [1.82, 2.24) is 4.31 Å². The molecule has 5 nitrogen and oxygen atoms in total. The van der Waals surface area contributed by atoms with Crippen molar-refractivity contribution in [3.63, 3.8) is 0 Å². The molecule has 20 heavy (non-hydrogen) atoms. The van der Waals surface area contributed by atoms with E-state index in [2.05, 4.69) is 11.8 Å². The number of likely N-dealkylation sites (N-methyl/N-ethyl adjacent to an activating group) is 1. The van der Waals surface area contributed by atoms with Crippen LogP contribution in [0.25, 0.3) is 0 Å². The quantitative estimate of drug-likeness (QED) is 0.763. The van der Waals surface area contributed by atoms with E-state index in [1.807, 2.05) is 0 Å². The molecule has 0 aliphatic rings. The van der Waals surface area contributed by atoms with Crippen LogP contribution in [0.2, 0.25) is 0 Å². The zero-order chi connectivity index (χ0) is 15.3. The topological polar surface area (TPSA) is 77.8 Å². The van der Waals surface area contributed by atoms with Gasteiger partial charge in [-0.3, -0.25) is 0 Å². The highest BCUT2D eigenvalue weighted by Crippen LogP contribution is 2.23. The molecule has 1 aromatic carbocycles. The van der Waals surface area contributed by atoms with E-state index in [0.717, 1.165) is 17.4 Å². The van der Waals surface area contributed by atoms with Crippen LogP contribution in [0, 0.1) is 23.5 Å². The van der Waals surface area contributed by atoms with Crippen LogP contribution in [0.15, 0.2) is 17.0 Å². The summed E-state index contributed by atoms with van der Waals surface area (Å²) >= 11 is 0. The Bertz CT molecular complexity index is 649. The van der Waals surface area contributed by atoms with Gasteiger partial charge in [-0.1, -0.05) is 11.8 Å². The fraction of sp³-hybridized carbons (Fsp3) is 0.333. The molecule has 0 aliphatic heterocycles. The van der Waals surface area contributed by atoms with E-state index >= 15 is 0 Å². The van der Waals surface area contributed by atoms with Gasteiger partial charge in [0, 0.05) is 19.7 Å². The van der Waals surface area contributed by atoms with Gasteiger partial charge in [-0.05, 0) is 6.07 Å². The molecule has 1 aromatic rings. The molecule has 0 fully saturated rings. The van der Waals surface area contributed by atoms with Crippen LogP contribution in [-0.2, 0) is 10.0 Å². The van der Waals surface area contributed by atoms with Crippen LogP contribution in [-0.4, -0.2) is 49.7 Å². The Hall–Kier alpha value is -1.53. The van der Waals surface area contributed by atoms with Gasteiger partial charge in [0.25, 0.3) is 0 Å². The van der Waals surface area contributed by atoms with Crippen LogP contribution in [0.5, 0.6) is 0 Å². The molecule has 0 unspecified atom stereocenters. The van der Waals surface area contributed by atoms with Crippen LogP contribution >= 0.6 is 0 Å². The maximum Gasteiger partial charge on any atom is 0.247 e. The third kappa shape index (κ3) is 3.52. The fourth-order valence-corrected chi connectivity index (χ4v) is 2.79. The smallest absolute Gasteiger partial charge is 0.247 e. The molecule has 0 saturated carbocycles. The minimum atomic E-state index is -4.26. The fourth-order valence-electron chi connectivity index (χ4n) is 1.47. The lowest BCUT2D eigenvalue weighted by Gasteiger charge is -2.17. The maximum atomic E-state index is 13.8. The average molecular weight is 305 g/mol. The van der Waals surface area contributed by atoms with Crippen LogP contribution < -0.4 is 0 Å². The Morgan fingerprint density at radius 2 is 1.95 bits per heavy atom. The highest BCUT2D eigenvalue weighted by atomic mass is 32.2. The summed E-state index contributed by atoms with van der Waals surface area (Å²) in [5.74, 6) is 2.08. The predicted molar refractivity (Wildman–Crippen MR) is 67.2 cm³/mol. The van der Waals surface area contributed by atoms with Gasteiger partial charge in [0.1, 0.15) is 23.1 Å². The molecule has 0 atom stereocenters. The number of hydrogen-bond acceptors (Lipinski definition) is 4. The number of aliphatic hydroxyl groups excluding tert-OH is 2. The highest BCUT2D eigenvalue weighted by molar-refractivity contribution is 7.89. The van der Waals surface area contributed by atoms with E-state index in [4.69, 9.17) is 10.2 Å². The number of halogens is 2. The van der Waals surface area contributed by atoms with Crippen molar-refractivity contribution in [3.8, 4) is 11.8 Å². The normalized spacial score (nSPS) is 11.3. The third-order valence-electron chi connectivity index (χ3n) is 2.39. The van der Waals surface area contributed by atoms with Gasteiger partial charge in [-0.25, -0.2) is 17.2 Å². The molecular weight excluding hydrogens is 292 g/mol. The molecular formula is C12H13F2NO4S. The lowest BCUT2D eigenvalue weighted by atomic mass is 10.2. The summed E-state index contributed by atoms with van der Waals surface area (Å²) in [6.07, 6.45) is 0. The van der Waals surface area contributed by atoms with Gasteiger partial charge in [0.15, 0.2) is 0 Å². The summed E-state index contributed by atoms with van der Waals surface area (Å²) < 4.78 is 52.0. The Labute approximate surface area is 115 Å². The monoisotopic (exact) mass is 305 g/mol. The second-order valence-electron chi connectivity index (χ2n) is 3.77. The Morgan fingerprint density at radius 1 is 1.30 bits per heavy atom. The van der Waals surface area contributed by atoms with Crippen molar-refractivity contribution < 1.29 is 27.4 Å². The zero-order valence-corrected chi connectivity index (χ0v) is 11.4. The van der Waals surface area contributed by atoms with Gasteiger partial charge >= 0.3 is 0 Å². The number of benzene rings is 1. The molecule has 8 heteroatoms. The Balaban J connectivity index is 3.50. The van der Waals surface area contributed by atoms with Gasteiger partial charge in [0.05, 0.1) is 12.2 Å². The van der Waals surface area contributed by atoms with Crippen molar-refractivity contribution in [2.45, 2.75) is 4.90 Å². The Morgan fingerprint density at radius 3 is 2.50 bits per heavy atom. The van der Waals surface area contributed by atoms with Gasteiger partial charge in [0.2, 0.25) is 10.0 Å². The molecule has 2 N–H and O–H groups in total. The van der Waals surface area contributed by atoms with E-state index in [1.165, 1.54) is 0 Å². The zero-order valence-electron chi connectivity index (χ0n) is 10.6. The molecule has 0 bridgehead atoms. The Kier molecular flexibility index (Phi) is 5.59. The summed E-state index contributed by atoms with van der Waals surface area (Å²) in [5.41, 5.74) is -0.388. The SMILES string of the molecule is CN(CCO)S(=O)(=O)c1c(F)cc(F)cc1C#CCO. The molecule has 0 amide bonds. The predicted octanol–water partition coefficient (Wildman–Crippen LogP) is -0.0786. The first-order valence-corrected chi connectivity index (χ1v) is 6.94. The first-order chi connectivity index (χ1) is 9.34. The summed E-state index contributed by atoms with van der Waals surface area (Å²) in [5, 5.41) is 17.3. The molecule has 1 rings (SSSR count). The largest absolute Gasteiger partial charge is 0.395 e. The second kappa shape index (κ2) is 6.76. The molecule has 110 valence electrons. The first-order valence-electron chi connectivity index (χ1n) is 5.50. The molecule has 0 heterocycles. The van der Waals surface area contributed by atoms with Crippen LogP contribution in [0.1, 0.15) is 5.56 Å². The first kappa shape index (κ1) is 16.5. The van der Waals surface area contributed by atoms with Crippen molar-refractivity contribution >= 4 is 10.0 Å². The highest BCUT2D eigenvalue weighted by Gasteiger charge is 2.27. The lowest BCUT2D eigenvalue weighted by Crippen LogP contribution is -2.31. The molecule has 0 radical (unpaired) electrons. The number of rotatable bonds is 4.